The number of carboxylic acids is 1. The van der Waals surface area contributed by atoms with Crippen molar-refractivity contribution in [2.24, 2.45) is 0 Å². The highest BCUT2D eigenvalue weighted by atomic mass is 16.4. The molecule has 0 fully saturated rings. The summed E-state index contributed by atoms with van der Waals surface area (Å²) in [6.07, 6.45) is 2.88. The molecule has 0 unspecified atom stereocenters. The van der Waals surface area contributed by atoms with Crippen LogP contribution in [0, 0.1) is 0 Å². The van der Waals surface area contributed by atoms with Crippen molar-refractivity contribution in [3.8, 4) is 0 Å². The number of amides is 1. The van der Waals surface area contributed by atoms with Crippen LogP contribution in [0.2, 0.25) is 0 Å². The van der Waals surface area contributed by atoms with Gasteiger partial charge in [-0.2, -0.15) is 0 Å². The maximum absolute atomic E-state index is 12.1. The Morgan fingerprint density at radius 3 is 2.76 bits per heavy atom. The molecule has 0 saturated carbocycles. The van der Waals surface area contributed by atoms with Crippen molar-refractivity contribution in [1.82, 2.24) is 15.0 Å². The lowest BCUT2D eigenvalue weighted by Crippen LogP contribution is -2.13. The average Bonchev–Trinajstić information content (AvgIpc) is 2.94. The zero-order chi connectivity index (χ0) is 14.8. The molecule has 0 atom stereocenters. The molecule has 0 spiro atoms. The first-order chi connectivity index (χ1) is 10.1. The van der Waals surface area contributed by atoms with Crippen molar-refractivity contribution in [2.45, 2.75) is 0 Å². The molecule has 2 heterocycles. The quantitative estimate of drug-likeness (QED) is 0.680. The summed E-state index contributed by atoms with van der Waals surface area (Å²) < 4.78 is 0. The summed E-state index contributed by atoms with van der Waals surface area (Å²) in [4.78, 5) is 33.9. The fraction of sp³-hybridized carbons (Fsp3) is 0. The molecule has 0 aliphatic rings. The predicted octanol–water partition coefficient (Wildman–Crippen LogP) is 1.91. The Hall–Kier alpha value is -3.22. The standard InChI is InChI=1S/C14H10N4O3/c19-13(8-1-2-10-11(5-8)17-7-16-10)18-12-6-9(14(20)21)3-4-15-12/h1-7H,(H,16,17)(H,20,21)(H,15,18,19). The average molecular weight is 282 g/mol. The van der Waals surface area contributed by atoms with Crippen molar-refractivity contribution in [1.29, 1.82) is 0 Å². The fourth-order valence-corrected chi connectivity index (χ4v) is 1.90. The molecular formula is C14H10N4O3. The lowest BCUT2D eigenvalue weighted by molar-refractivity contribution is 0.0696. The number of hydrogen-bond acceptors (Lipinski definition) is 4. The summed E-state index contributed by atoms with van der Waals surface area (Å²) in [6.45, 7) is 0. The number of aromatic nitrogens is 3. The van der Waals surface area contributed by atoms with Gasteiger partial charge < -0.3 is 15.4 Å². The van der Waals surface area contributed by atoms with Gasteiger partial charge in [0.1, 0.15) is 5.82 Å². The van der Waals surface area contributed by atoms with E-state index in [4.69, 9.17) is 5.11 Å². The van der Waals surface area contributed by atoms with E-state index in [1.807, 2.05) is 0 Å². The van der Waals surface area contributed by atoms with Crippen molar-refractivity contribution in [2.75, 3.05) is 5.32 Å². The number of hydrogen-bond donors (Lipinski definition) is 3. The molecular weight excluding hydrogens is 272 g/mol. The summed E-state index contributed by atoms with van der Waals surface area (Å²) in [5, 5.41) is 11.5. The minimum atomic E-state index is -1.08. The molecule has 3 rings (SSSR count). The van der Waals surface area contributed by atoms with Gasteiger partial charge in [-0.15, -0.1) is 0 Å². The number of H-pyrrole nitrogens is 1. The first-order valence-corrected chi connectivity index (χ1v) is 6.07. The Morgan fingerprint density at radius 1 is 1.10 bits per heavy atom. The molecule has 0 bridgehead atoms. The molecule has 0 aliphatic heterocycles. The zero-order valence-electron chi connectivity index (χ0n) is 10.7. The van der Waals surface area contributed by atoms with Crippen LogP contribution in [0.4, 0.5) is 5.82 Å². The number of nitrogens with one attached hydrogen (secondary N) is 2. The largest absolute Gasteiger partial charge is 0.478 e. The maximum Gasteiger partial charge on any atom is 0.335 e. The topological polar surface area (TPSA) is 108 Å². The van der Waals surface area contributed by atoms with E-state index in [-0.39, 0.29) is 17.3 Å². The van der Waals surface area contributed by atoms with Crippen LogP contribution in [0.1, 0.15) is 20.7 Å². The molecule has 0 aliphatic carbocycles. The van der Waals surface area contributed by atoms with Gasteiger partial charge >= 0.3 is 5.97 Å². The summed E-state index contributed by atoms with van der Waals surface area (Å²) in [5.41, 5.74) is 1.99. The second kappa shape index (κ2) is 5.04. The van der Waals surface area contributed by atoms with E-state index in [0.717, 1.165) is 11.0 Å². The number of nitrogens with zero attached hydrogens (tertiary/aromatic N) is 2. The Labute approximate surface area is 118 Å². The number of carbonyl (C=O) groups is 2. The van der Waals surface area contributed by atoms with Crippen LogP contribution in [0.15, 0.2) is 42.9 Å². The van der Waals surface area contributed by atoms with Crippen molar-refractivity contribution in [3.05, 3.63) is 54.0 Å². The molecule has 7 heteroatoms. The minimum absolute atomic E-state index is 0.0596. The van der Waals surface area contributed by atoms with Gasteiger partial charge in [0.2, 0.25) is 0 Å². The van der Waals surface area contributed by atoms with Crippen LogP contribution in [-0.4, -0.2) is 31.9 Å². The van der Waals surface area contributed by atoms with Gasteiger partial charge in [-0.1, -0.05) is 0 Å². The number of benzene rings is 1. The van der Waals surface area contributed by atoms with Gasteiger partial charge in [-0.3, -0.25) is 4.79 Å². The summed E-state index contributed by atoms with van der Waals surface area (Å²) in [6, 6.07) is 7.68. The van der Waals surface area contributed by atoms with Crippen LogP contribution in [0.5, 0.6) is 0 Å². The Bertz CT molecular complexity index is 841. The number of fused-ring (bicyclic) bond motifs is 1. The Kier molecular flexibility index (Phi) is 3.07. The predicted molar refractivity (Wildman–Crippen MR) is 75.2 cm³/mol. The number of pyridine rings is 1. The smallest absolute Gasteiger partial charge is 0.335 e. The molecule has 7 nitrogen and oxygen atoms in total. The molecule has 3 aromatic rings. The Morgan fingerprint density at radius 2 is 1.95 bits per heavy atom. The van der Waals surface area contributed by atoms with Crippen LogP contribution >= 0.6 is 0 Å². The first kappa shape index (κ1) is 12.8. The molecule has 104 valence electrons. The summed E-state index contributed by atoms with van der Waals surface area (Å²) >= 11 is 0. The molecule has 1 aromatic carbocycles. The lowest BCUT2D eigenvalue weighted by atomic mass is 10.2. The highest BCUT2D eigenvalue weighted by Crippen LogP contribution is 2.14. The van der Waals surface area contributed by atoms with E-state index in [1.54, 1.807) is 24.5 Å². The van der Waals surface area contributed by atoms with Gasteiger partial charge in [-0.05, 0) is 30.3 Å². The van der Waals surface area contributed by atoms with Crippen LogP contribution < -0.4 is 5.32 Å². The number of aromatic carboxylic acids is 1. The summed E-state index contributed by atoms with van der Waals surface area (Å²) in [7, 11) is 0. The van der Waals surface area contributed by atoms with Crippen LogP contribution in [0.3, 0.4) is 0 Å². The molecule has 0 saturated heterocycles. The zero-order valence-corrected chi connectivity index (χ0v) is 10.7. The monoisotopic (exact) mass is 282 g/mol. The van der Waals surface area contributed by atoms with Crippen molar-refractivity contribution in [3.63, 3.8) is 0 Å². The van der Waals surface area contributed by atoms with Gasteiger partial charge in [0, 0.05) is 11.8 Å². The van der Waals surface area contributed by atoms with Crippen LogP contribution in [0.25, 0.3) is 11.0 Å². The fourth-order valence-electron chi connectivity index (χ4n) is 1.90. The van der Waals surface area contributed by atoms with E-state index in [0.29, 0.717) is 5.56 Å². The molecule has 3 N–H and O–H groups in total. The third-order valence-electron chi connectivity index (χ3n) is 2.93. The van der Waals surface area contributed by atoms with E-state index in [2.05, 4.69) is 20.3 Å². The number of imidazole rings is 1. The highest BCUT2D eigenvalue weighted by molar-refractivity contribution is 6.05. The van der Waals surface area contributed by atoms with E-state index >= 15 is 0 Å². The number of carboxylic acid groups (broad SMARTS) is 1. The number of carbonyl (C=O) groups excluding carboxylic acids is 1. The highest BCUT2D eigenvalue weighted by Gasteiger charge is 2.10. The number of anilines is 1. The van der Waals surface area contributed by atoms with Gasteiger partial charge in [0.25, 0.3) is 5.91 Å². The minimum Gasteiger partial charge on any atom is -0.478 e. The summed E-state index contributed by atoms with van der Waals surface area (Å²) in [5.74, 6) is -1.27. The van der Waals surface area contributed by atoms with E-state index < -0.39 is 5.97 Å². The number of rotatable bonds is 3. The second-order valence-corrected chi connectivity index (χ2v) is 4.32. The molecule has 21 heavy (non-hydrogen) atoms. The molecule has 1 amide bonds. The van der Waals surface area contributed by atoms with Crippen LogP contribution in [-0.2, 0) is 0 Å². The normalized spacial score (nSPS) is 10.5. The number of aromatic amines is 1. The lowest BCUT2D eigenvalue weighted by Gasteiger charge is -2.05. The molecule has 0 radical (unpaired) electrons. The van der Waals surface area contributed by atoms with E-state index in [9.17, 15) is 9.59 Å². The van der Waals surface area contributed by atoms with E-state index in [1.165, 1.54) is 18.3 Å². The Balaban J connectivity index is 1.85. The third kappa shape index (κ3) is 2.57. The maximum atomic E-state index is 12.1. The second-order valence-electron chi connectivity index (χ2n) is 4.32. The van der Waals surface area contributed by atoms with Gasteiger partial charge in [-0.25, -0.2) is 14.8 Å². The van der Waals surface area contributed by atoms with Crippen molar-refractivity contribution < 1.29 is 14.7 Å². The van der Waals surface area contributed by atoms with Gasteiger partial charge in [0.05, 0.1) is 22.9 Å². The SMILES string of the molecule is O=C(O)c1ccnc(NC(=O)c2ccc3nc[nH]c3c2)c1. The first-order valence-electron chi connectivity index (χ1n) is 6.07. The van der Waals surface area contributed by atoms with Gasteiger partial charge in [0.15, 0.2) is 0 Å². The van der Waals surface area contributed by atoms with Crippen molar-refractivity contribution >= 4 is 28.7 Å². The third-order valence-corrected chi connectivity index (χ3v) is 2.93. The molecule has 2 aromatic heterocycles.